The van der Waals surface area contributed by atoms with Crippen LogP contribution in [-0.2, 0) is 0 Å². The van der Waals surface area contributed by atoms with Crippen molar-refractivity contribution in [1.29, 1.82) is 0 Å². The van der Waals surface area contributed by atoms with Crippen LogP contribution in [0.1, 0.15) is 63.7 Å². The molecular formula is C16H17N5O2. The predicted molar refractivity (Wildman–Crippen MR) is 83.9 cm³/mol. The van der Waals surface area contributed by atoms with Crippen LogP contribution in [0.25, 0.3) is 0 Å². The number of pyridine rings is 1. The van der Waals surface area contributed by atoms with Crippen LogP contribution < -0.4 is 10.6 Å². The second-order valence-corrected chi connectivity index (χ2v) is 6.13. The van der Waals surface area contributed by atoms with Gasteiger partial charge >= 0.3 is 0 Å². The molecule has 0 aromatic carbocycles. The lowest BCUT2D eigenvalue weighted by molar-refractivity contribution is 0.0880. The van der Waals surface area contributed by atoms with E-state index in [1.807, 2.05) is 6.07 Å². The van der Waals surface area contributed by atoms with Gasteiger partial charge in [0.15, 0.2) is 5.82 Å². The van der Waals surface area contributed by atoms with E-state index in [0.29, 0.717) is 28.8 Å². The zero-order valence-electron chi connectivity index (χ0n) is 12.8. The van der Waals surface area contributed by atoms with Gasteiger partial charge in [-0.05, 0) is 25.8 Å². The molecule has 1 fully saturated rings. The highest BCUT2D eigenvalue weighted by atomic mass is 16.2. The van der Waals surface area contributed by atoms with Crippen molar-refractivity contribution in [3.63, 3.8) is 0 Å². The number of H-pyrrole nitrogens is 1. The zero-order chi connectivity index (χ0) is 16.0. The van der Waals surface area contributed by atoms with E-state index >= 15 is 0 Å². The third-order valence-corrected chi connectivity index (χ3v) is 4.49. The average molecular weight is 311 g/mol. The van der Waals surface area contributed by atoms with E-state index in [9.17, 15) is 9.59 Å². The Morgan fingerprint density at radius 3 is 2.74 bits per heavy atom. The van der Waals surface area contributed by atoms with E-state index in [1.54, 1.807) is 13.0 Å². The number of nitrogens with zero attached hydrogens (tertiary/aromatic N) is 2. The van der Waals surface area contributed by atoms with E-state index in [1.165, 1.54) is 25.7 Å². The van der Waals surface area contributed by atoms with Crippen LogP contribution in [-0.4, -0.2) is 27.0 Å². The molecule has 1 aliphatic carbocycles. The molecule has 1 saturated carbocycles. The van der Waals surface area contributed by atoms with Crippen molar-refractivity contribution in [1.82, 2.24) is 20.5 Å². The molecule has 0 spiro atoms. The third-order valence-electron chi connectivity index (χ3n) is 4.49. The van der Waals surface area contributed by atoms with Crippen molar-refractivity contribution in [2.75, 3.05) is 5.32 Å². The number of aromatic amines is 1. The maximum Gasteiger partial charge on any atom is 0.262 e. The van der Waals surface area contributed by atoms with E-state index in [-0.39, 0.29) is 11.5 Å². The van der Waals surface area contributed by atoms with Gasteiger partial charge in [0.2, 0.25) is 0 Å². The molecule has 23 heavy (non-hydrogen) atoms. The molecule has 118 valence electrons. The van der Waals surface area contributed by atoms with Crippen molar-refractivity contribution in [2.24, 2.45) is 0 Å². The average Bonchev–Trinajstić information content (AvgIpc) is 3.20. The van der Waals surface area contributed by atoms with Crippen LogP contribution in [0.4, 0.5) is 11.6 Å². The van der Waals surface area contributed by atoms with Gasteiger partial charge in [0.05, 0.1) is 11.1 Å². The predicted octanol–water partition coefficient (Wildman–Crippen LogP) is 2.40. The number of amides is 2. The van der Waals surface area contributed by atoms with Gasteiger partial charge in [-0.3, -0.25) is 20.0 Å². The molecule has 0 atom stereocenters. The number of aromatic nitrogens is 3. The first-order valence-electron chi connectivity index (χ1n) is 7.81. The van der Waals surface area contributed by atoms with Crippen molar-refractivity contribution in [2.45, 2.75) is 38.5 Å². The molecule has 0 bridgehead atoms. The normalized spacial score (nSPS) is 17.4. The summed E-state index contributed by atoms with van der Waals surface area (Å²) in [5.41, 5.74) is 2.42. The number of nitrogens with one attached hydrogen (secondary N) is 3. The number of carbonyl (C=O) groups excluding carboxylic acids is 2. The van der Waals surface area contributed by atoms with Gasteiger partial charge in [0.25, 0.3) is 11.8 Å². The molecule has 4 rings (SSSR count). The van der Waals surface area contributed by atoms with Gasteiger partial charge in [-0.1, -0.05) is 12.8 Å². The molecular weight excluding hydrogens is 294 g/mol. The Hall–Kier alpha value is -2.70. The highest BCUT2D eigenvalue weighted by Gasteiger charge is 2.31. The highest BCUT2D eigenvalue weighted by molar-refractivity contribution is 6.23. The first kappa shape index (κ1) is 13.9. The van der Waals surface area contributed by atoms with Crippen molar-refractivity contribution in [3.05, 3.63) is 34.6 Å². The van der Waals surface area contributed by atoms with Gasteiger partial charge in [0.1, 0.15) is 5.82 Å². The van der Waals surface area contributed by atoms with Gasteiger partial charge < -0.3 is 5.32 Å². The molecule has 7 nitrogen and oxygen atoms in total. The summed E-state index contributed by atoms with van der Waals surface area (Å²) < 4.78 is 0. The van der Waals surface area contributed by atoms with Crippen molar-refractivity contribution in [3.8, 4) is 0 Å². The lowest BCUT2D eigenvalue weighted by Crippen LogP contribution is -2.20. The van der Waals surface area contributed by atoms with Crippen molar-refractivity contribution >= 4 is 23.5 Å². The van der Waals surface area contributed by atoms with Gasteiger partial charge in [-0.15, -0.1) is 0 Å². The Morgan fingerprint density at radius 2 is 1.96 bits per heavy atom. The Kier molecular flexibility index (Phi) is 3.14. The Labute approximate surface area is 132 Å². The summed E-state index contributed by atoms with van der Waals surface area (Å²) in [6, 6.07) is 3.58. The molecule has 0 saturated heterocycles. The SMILES string of the molecule is Cc1cc2c(c(Nc3cc(C4CCCC4)[nH]n3)n1)C(=O)NC2=O. The largest absolute Gasteiger partial charge is 0.323 e. The second kappa shape index (κ2) is 5.19. The van der Waals surface area contributed by atoms with E-state index in [4.69, 9.17) is 0 Å². The summed E-state index contributed by atoms with van der Waals surface area (Å²) >= 11 is 0. The molecule has 3 heterocycles. The standard InChI is InChI=1S/C16H17N5O2/c1-8-6-10-13(16(23)19-15(10)22)14(17-8)18-12-7-11(20-21-12)9-4-2-3-5-9/h6-7,9H,2-5H2,1H3,(H,19,22,23)(H2,17,18,20,21). The Bertz CT molecular complexity index is 805. The Morgan fingerprint density at radius 1 is 1.17 bits per heavy atom. The summed E-state index contributed by atoms with van der Waals surface area (Å²) in [5, 5.41) is 12.7. The molecule has 3 N–H and O–H groups in total. The number of fused-ring (bicyclic) bond motifs is 1. The number of imide groups is 1. The fourth-order valence-electron chi connectivity index (χ4n) is 3.37. The van der Waals surface area contributed by atoms with Gasteiger partial charge in [0, 0.05) is 23.4 Å². The summed E-state index contributed by atoms with van der Waals surface area (Å²) in [5.74, 6) is 0.699. The molecule has 2 aromatic rings. The maximum absolute atomic E-state index is 12.0. The van der Waals surface area contributed by atoms with E-state index < -0.39 is 5.91 Å². The zero-order valence-corrected chi connectivity index (χ0v) is 12.8. The second-order valence-electron chi connectivity index (χ2n) is 6.13. The van der Waals surface area contributed by atoms with Crippen LogP contribution in [0, 0.1) is 6.92 Å². The molecule has 7 heteroatoms. The number of hydrogen-bond acceptors (Lipinski definition) is 5. The highest BCUT2D eigenvalue weighted by Crippen LogP contribution is 2.34. The fourth-order valence-corrected chi connectivity index (χ4v) is 3.37. The maximum atomic E-state index is 12.0. The fraction of sp³-hybridized carbons (Fsp3) is 0.375. The molecule has 0 radical (unpaired) electrons. The Balaban J connectivity index is 1.66. The van der Waals surface area contributed by atoms with Crippen LogP contribution in [0.3, 0.4) is 0 Å². The molecule has 2 aromatic heterocycles. The number of rotatable bonds is 3. The molecule has 2 aliphatic rings. The first-order chi connectivity index (χ1) is 11.1. The number of aryl methyl sites for hydroxylation is 1. The number of anilines is 2. The monoisotopic (exact) mass is 311 g/mol. The van der Waals surface area contributed by atoms with Gasteiger partial charge in [-0.25, -0.2) is 4.98 Å². The van der Waals surface area contributed by atoms with E-state index in [2.05, 4.69) is 25.8 Å². The number of hydrogen-bond donors (Lipinski definition) is 3. The topological polar surface area (TPSA) is 99.8 Å². The minimum absolute atomic E-state index is 0.283. The van der Waals surface area contributed by atoms with Crippen molar-refractivity contribution < 1.29 is 9.59 Å². The van der Waals surface area contributed by atoms with Crippen LogP contribution in [0.5, 0.6) is 0 Å². The quantitative estimate of drug-likeness (QED) is 0.756. The van der Waals surface area contributed by atoms with Crippen LogP contribution in [0.2, 0.25) is 0 Å². The molecule has 0 unspecified atom stereocenters. The lowest BCUT2D eigenvalue weighted by atomic mass is 10.0. The van der Waals surface area contributed by atoms with Gasteiger partial charge in [-0.2, -0.15) is 5.10 Å². The smallest absolute Gasteiger partial charge is 0.262 e. The van der Waals surface area contributed by atoms with E-state index in [0.717, 1.165) is 5.69 Å². The van der Waals surface area contributed by atoms with Crippen LogP contribution in [0.15, 0.2) is 12.1 Å². The third kappa shape index (κ3) is 2.38. The summed E-state index contributed by atoms with van der Waals surface area (Å²) in [4.78, 5) is 28.1. The summed E-state index contributed by atoms with van der Waals surface area (Å²) in [6.45, 7) is 1.79. The first-order valence-corrected chi connectivity index (χ1v) is 7.81. The van der Waals surface area contributed by atoms with Crippen LogP contribution >= 0.6 is 0 Å². The number of carbonyl (C=O) groups is 2. The molecule has 1 aliphatic heterocycles. The summed E-state index contributed by atoms with van der Waals surface area (Å²) in [7, 11) is 0. The summed E-state index contributed by atoms with van der Waals surface area (Å²) in [6.07, 6.45) is 4.86. The minimum atomic E-state index is -0.424. The lowest BCUT2D eigenvalue weighted by Gasteiger charge is -2.07. The minimum Gasteiger partial charge on any atom is -0.323 e. The molecule has 2 amide bonds.